The van der Waals surface area contributed by atoms with Crippen molar-refractivity contribution in [3.63, 3.8) is 0 Å². The van der Waals surface area contributed by atoms with Gasteiger partial charge in [-0.05, 0) is 25.7 Å². The number of nitrogens with zero attached hydrogens (tertiary/aromatic N) is 1. The predicted molar refractivity (Wildman–Crippen MR) is 56.5 cm³/mol. The molecule has 0 fully saturated rings. The lowest BCUT2D eigenvalue weighted by Gasteiger charge is -2.04. The van der Waals surface area contributed by atoms with Crippen LogP contribution >= 0.6 is 0 Å². The Morgan fingerprint density at radius 2 is 1.50 bits per heavy atom. The van der Waals surface area contributed by atoms with E-state index in [0.29, 0.717) is 11.8 Å². The fraction of sp³-hybridized carbons (Fsp3) is 0.727. The average Bonchev–Trinajstić information content (AvgIpc) is 1.98. The van der Waals surface area contributed by atoms with E-state index >= 15 is 0 Å². The summed E-state index contributed by atoms with van der Waals surface area (Å²) in [7, 11) is 0. The highest BCUT2D eigenvalue weighted by Gasteiger charge is 1.97. The van der Waals surface area contributed by atoms with Crippen molar-refractivity contribution in [3.8, 4) is 0 Å². The normalized spacial score (nSPS) is 14.7. The Hall–Kier alpha value is -0.590. The summed E-state index contributed by atoms with van der Waals surface area (Å²) < 4.78 is 0. The smallest absolute Gasteiger partial charge is 0.0258 e. The molecule has 1 nitrogen and oxygen atoms in total. The van der Waals surface area contributed by atoms with Crippen molar-refractivity contribution < 1.29 is 0 Å². The Balaban J connectivity index is 4.27. The molecule has 0 amide bonds. The van der Waals surface area contributed by atoms with Gasteiger partial charge >= 0.3 is 0 Å². The summed E-state index contributed by atoms with van der Waals surface area (Å²) in [6, 6.07) is 0. The number of hydrogen-bond donors (Lipinski definition) is 0. The second-order valence-corrected chi connectivity index (χ2v) is 3.95. The molecule has 0 bridgehead atoms. The van der Waals surface area contributed by atoms with Gasteiger partial charge in [0.1, 0.15) is 0 Å². The number of allylic oxidation sites excluding steroid dienone is 1. The Bertz CT molecular complexity index is 163. The second-order valence-electron chi connectivity index (χ2n) is 3.95. The Morgan fingerprint density at radius 3 is 1.83 bits per heavy atom. The van der Waals surface area contributed by atoms with Gasteiger partial charge in [0.05, 0.1) is 0 Å². The summed E-state index contributed by atoms with van der Waals surface area (Å²) in [4.78, 5) is 4.40. The summed E-state index contributed by atoms with van der Waals surface area (Å²) in [5.41, 5.74) is 2.55. The van der Waals surface area contributed by atoms with Gasteiger partial charge in [-0.3, -0.25) is 4.99 Å². The zero-order valence-electron chi connectivity index (χ0n) is 9.18. The third-order valence-electron chi connectivity index (χ3n) is 2.22. The Morgan fingerprint density at radius 1 is 1.00 bits per heavy atom. The van der Waals surface area contributed by atoms with Gasteiger partial charge in [0, 0.05) is 11.9 Å². The molecule has 0 spiro atoms. The molecular formula is C11H21N. The van der Waals surface area contributed by atoms with Gasteiger partial charge in [-0.25, -0.2) is 0 Å². The van der Waals surface area contributed by atoms with Crippen LogP contribution in [0.4, 0.5) is 0 Å². The fourth-order valence-corrected chi connectivity index (χ4v) is 0.502. The van der Waals surface area contributed by atoms with Crippen molar-refractivity contribution >= 4 is 5.71 Å². The van der Waals surface area contributed by atoms with E-state index in [4.69, 9.17) is 0 Å². The van der Waals surface area contributed by atoms with Gasteiger partial charge in [0.15, 0.2) is 0 Å². The van der Waals surface area contributed by atoms with E-state index < -0.39 is 0 Å². The van der Waals surface area contributed by atoms with E-state index in [0.717, 1.165) is 0 Å². The van der Waals surface area contributed by atoms with Crippen LogP contribution in [0, 0.1) is 11.8 Å². The van der Waals surface area contributed by atoms with Gasteiger partial charge in [0.2, 0.25) is 0 Å². The first-order valence-electron chi connectivity index (χ1n) is 4.66. The first-order valence-corrected chi connectivity index (χ1v) is 4.66. The first kappa shape index (κ1) is 11.4. The van der Waals surface area contributed by atoms with E-state index in [2.05, 4.69) is 46.5 Å². The van der Waals surface area contributed by atoms with Crippen LogP contribution in [-0.4, -0.2) is 5.71 Å². The molecule has 0 aromatic rings. The lowest BCUT2D eigenvalue weighted by atomic mass is 10.1. The highest BCUT2D eigenvalue weighted by molar-refractivity contribution is 5.84. The zero-order valence-corrected chi connectivity index (χ0v) is 9.18. The van der Waals surface area contributed by atoms with Crippen LogP contribution in [0.5, 0.6) is 0 Å². The lowest BCUT2D eigenvalue weighted by molar-refractivity contribution is 0.765. The molecule has 0 saturated carbocycles. The average molecular weight is 167 g/mol. The Labute approximate surface area is 76.6 Å². The number of hydrogen-bond acceptors (Lipinski definition) is 1. The van der Waals surface area contributed by atoms with Crippen LogP contribution in [0.1, 0.15) is 41.5 Å². The molecule has 0 heterocycles. The van der Waals surface area contributed by atoms with E-state index in [9.17, 15) is 0 Å². The van der Waals surface area contributed by atoms with E-state index in [-0.39, 0.29) is 0 Å². The second kappa shape index (κ2) is 5.13. The van der Waals surface area contributed by atoms with Crippen molar-refractivity contribution in [1.82, 2.24) is 0 Å². The van der Waals surface area contributed by atoms with Crippen molar-refractivity contribution in [2.24, 2.45) is 16.8 Å². The number of rotatable bonds is 3. The quantitative estimate of drug-likeness (QED) is 0.569. The molecule has 0 aliphatic heterocycles. The minimum atomic E-state index is 0.557. The lowest BCUT2D eigenvalue weighted by Crippen LogP contribution is -2.00. The topological polar surface area (TPSA) is 12.4 Å². The van der Waals surface area contributed by atoms with Gasteiger partial charge in [-0.1, -0.05) is 33.3 Å². The summed E-state index contributed by atoms with van der Waals surface area (Å²) in [6.45, 7) is 12.9. The summed E-state index contributed by atoms with van der Waals surface area (Å²) in [6.07, 6.45) is 1.99. The number of aliphatic imine (C=N–C) groups is 1. The van der Waals surface area contributed by atoms with Crippen LogP contribution < -0.4 is 0 Å². The molecule has 0 saturated heterocycles. The molecule has 0 radical (unpaired) electrons. The first-order chi connectivity index (χ1) is 5.45. The van der Waals surface area contributed by atoms with Crippen LogP contribution in [0.15, 0.2) is 16.8 Å². The van der Waals surface area contributed by atoms with Crippen molar-refractivity contribution in [1.29, 1.82) is 0 Å². The monoisotopic (exact) mass is 167 g/mol. The van der Waals surface area contributed by atoms with Gasteiger partial charge in [0.25, 0.3) is 0 Å². The highest BCUT2D eigenvalue weighted by atomic mass is 14.7. The molecule has 0 aliphatic rings. The fourth-order valence-electron chi connectivity index (χ4n) is 0.502. The maximum atomic E-state index is 4.40. The highest BCUT2D eigenvalue weighted by Crippen LogP contribution is 2.08. The molecule has 0 atom stereocenters. The molecule has 0 unspecified atom stereocenters. The van der Waals surface area contributed by atoms with Crippen molar-refractivity contribution in [3.05, 3.63) is 11.8 Å². The molecule has 0 aliphatic carbocycles. The van der Waals surface area contributed by atoms with Crippen LogP contribution in [-0.2, 0) is 0 Å². The van der Waals surface area contributed by atoms with E-state index in [1.165, 1.54) is 11.3 Å². The van der Waals surface area contributed by atoms with E-state index in [1.54, 1.807) is 0 Å². The maximum Gasteiger partial charge on any atom is 0.0258 e. The largest absolute Gasteiger partial charge is 0.266 e. The SMILES string of the molecule is CC(=N/C=C(\C)C(C)C)C(C)C. The minimum Gasteiger partial charge on any atom is -0.266 e. The molecule has 0 aromatic carbocycles. The predicted octanol–water partition coefficient (Wildman–Crippen LogP) is 3.66. The molecular weight excluding hydrogens is 146 g/mol. The molecule has 70 valence electrons. The zero-order chi connectivity index (χ0) is 9.72. The molecule has 0 rings (SSSR count). The van der Waals surface area contributed by atoms with Gasteiger partial charge in [-0.15, -0.1) is 0 Å². The van der Waals surface area contributed by atoms with Gasteiger partial charge in [-0.2, -0.15) is 0 Å². The molecule has 1 heteroatoms. The van der Waals surface area contributed by atoms with Crippen LogP contribution in [0.25, 0.3) is 0 Å². The summed E-state index contributed by atoms with van der Waals surface area (Å²) in [5, 5.41) is 0. The molecule has 12 heavy (non-hydrogen) atoms. The summed E-state index contributed by atoms with van der Waals surface area (Å²) in [5.74, 6) is 1.16. The minimum absolute atomic E-state index is 0.557. The van der Waals surface area contributed by atoms with Crippen molar-refractivity contribution in [2.45, 2.75) is 41.5 Å². The van der Waals surface area contributed by atoms with Crippen molar-refractivity contribution in [2.75, 3.05) is 0 Å². The third kappa shape index (κ3) is 4.32. The molecule has 0 N–H and O–H groups in total. The Kier molecular flexibility index (Phi) is 4.87. The van der Waals surface area contributed by atoms with Crippen LogP contribution in [0.2, 0.25) is 0 Å². The standard InChI is InChI=1S/C11H21N/c1-8(2)10(5)7-12-11(6)9(3)4/h7-9H,1-6H3/b10-7+,12-11?. The van der Waals surface area contributed by atoms with Gasteiger partial charge < -0.3 is 0 Å². The third-order valence-corrected chi connectivity index (χ3v) is 2.22. The van der Waals surface area contributed by atoms with Crippen LogP contribution in [0.3, 0.4) is 0 Å². The summed E-state index contributed by atoms with van der Waals surface area (Å²) >= 11 is 0. The maximum absolute atomic E-state index is 4.40. The van der Waals surface area contributed by atoms with E-state index in [1.807, 2.05) is 6.20 Å². The molecule has 0 aromatic heterocycles.